The Bertz CT molecular complexity index is 589. The van der Waals surface area contributed by atoms with E-state index in [0.717, 1.165) is 23.7 Å². The van der Waals surface area contributed by atoms with Crippen LogP contribution in [0.3, 0.4) is 0 Å². The zero-order valence-corrected chi connectivity index (χ0v) is 9.55. The molecule has 0 saturated heterocycles. The van der Waals surface area contributed by atoms with Crippen LogP contribution in [0.2, 0.25) is 0 Å². The molecule has 0 amide bonds. The molecule has 88 valence electrons. The first-order chi connectivity index (χ1) is 8.83. The van der Waals surface area contributed by atoms with Crippen molar-refractivity contribution in [2.45, 2.75) is 6.42 Å². The summed E-state index contributed by atoms with van der Waals surface area (Å²) in [6.45, 7) is 0. The Balaban J connectivity index is 2.18. The fourth-order valence-corrected chi connectivity index (χ4v) is 2.23. The summed E-state index contributed by atoms with van der Waals surface area (Å²) >= 11 is 0. The number of fused-ring (bicyclic) bond motifs is 2. The molecular weight excluding hydrogens is 228 g/mol. The van der Waals surface area contributed by atoms with E-state index >= 15 is 0 Å². The monoisotopic (exact) mass is 238 g/mol. The summed E-state index contributed by atoms with van der Waals surface area (Å²) in [5.41, 5.74) is 2.96. The zero-order valence-electron chi connectivity index (χ0n) is 9.55. The van der Waals surface area contributed by atoms with Crippen LogP contribution in [0.25, 0.3) is 0 Å². The predicted molar refractivity (Wildman–Crippen MR) is 66.5 cm³/mol. The van der Waals surface area contributed by atoms with Gasteiger partial charge in [-0.15, -0.1) is 0 Å². The van der Waals surface area contributed by atoms with Crippen LogP contribution in [0.15, 0.2) is 36.4 Å². The van der Waals surface area contributed by atoms with E-state index in [4.69, 9.17) is 4.74 Å². The summed E-state index contributed by atoms with van der Waals surface area (Å²) in [5, 5.41) is 0. The normalized spacial score (nSPS) is 12.0. The Morgan fingerprint density at radius 1 is 0.833 bits per heavy atom. The quantitative estimate of drug-likeness (QED) is 0.644. The Hall–Kier alpha value is -2.42. The Kier molecular flexibility index (Phi) is 2.45. The van der Waals surface area contributed by atoms with Gasteiger partial charge < -0.3 is 4.74 Å². The second-order valence-corrected chi connectivity index (χ2v) is 4.19. The minimum absolute atomic E-state index is 0.513. The number of hydrogen-bond donors (Lipinski definition) is 0. The van der Waals surface area contributed by atoms with E-state index < -0.39 is 0 Å². The molecule has 0 aliphatic carbocycles. The standard InChI is InChI=1S/C15H10O3/c16-8-12-5-1-3-10-7-11-4-2-6-13(9-17)15(11)18-14(10)12/h1-6,8-9H,7H2. The summed E-state index contributed by atoms with van der Waals surface area (Å²) in [6.07, 6.45) is 2.22. The van der Waals surface area contributed by atoms with Gasteiger partial charge >= 0.3 is 0 Å². The molecule has 1 heterocycles. The third-order valence-corrected chi connectivity index (χ3v) is 3.09. The number of ether oxygens (including phenoxy) is 1. The van der Waals surface area contributed by atoms with Gasteiger partial charge in [-0.2, -0.15) is 0 Å². The summed E-state index contributed by atoms with van der Waals surface area (Å²) in [6, 6.07) is 10.9. The molecule has 2 aromatic carbocycles. The highest BCUT2D eigenvalue weighted by molar-refractivity contribution is 5.84. The molecule has 2 aromatic rings. The number of para-hydroxylation sites is 2. The van der Waals surface area contributed by atoms with Crippen LogP contribution < -0.4 is 4.74 Å². The molecular formula is C15H10O3. The molecule has 0 atom stereocenters. The number of carbonyl (C=O) groups excluding carboxylic acids is 2. The summed E-state index contributed by atoms with van der Waals surface area (Å²) in [7, 11) is 0. The lowest BCUT2D eigenvalue weighted by atomic mass is 9.96. The second-order valence-electron chi connectivity index (χ2n) is 4.19. The lowest BCUT2D eigenvalue weighted by molar-refractivity contribution is 0.111. The maximum atomic E-state index is 11.0. The van der Waals surface area contributed by atoms with Gasteiger partial charge in [-0.1, -0.05) is 24.3 Å². The first kappa shape index (κ1) is 10.7. The molecule has 0 unspecified atom stereocenters. The van der Waals surface area contributed by atoms with Crippen LogP contribution in [-0.2, 0) is 6.42 Å². The van der Waals surface area contributed by atoms with Crippen LogP contribution in [0.5, 0.6) is 11.5 Å². The fraction of sp³-hybridized carbons (Fsp3) is 0.0667. The van der Waals surface area contributed by atoms with Crippen LogP contribution in [0.1, 0.15) is 31.8 Å². The van der Waals surface area contributed by atoms with Crippen LogP contribution in [-0.4, -0.2) is 12.6 Å². The molecule has 0 saturated carbocycles. The highest BCUT2D eigenvalue weighted by atomic mass is 16.5. The van der Waals surface area contributed by atoms with Crippen molar-refractivity contribution in [1.82, 2.24) is 0 Å². The van der Waals surface area contributed by atoms with Gasteiger partial charge in [-0.05, 0) is 12.1 Å². The van der Waals surface area contributed by atoms with Gasteiger partial charge in [0, 0.05) is 17.5 Å². The van der Waals surface area contributed by atoms with Crippen molar-refractivity contribution < 1.29 is 14.3 Å². The van der Waals surface area contributed by atoms with Crippen LogP contribution >= 0.6 is 0 Å². The summed E-state index contributed by atoms with van der Waals surface area (Å²) < 4.78 is 5.76. The number of aldehydes is 2. The number of carbonyl (C=O) groups is 2. The van der Waals surface area contributed by atoms with Gasteiger partial charge in [0.1, 0.15) is 11.5 Å². The molecule has 18 heavy (non-hydrogen) atoms. The Morgan fingerprint density at radius 2 is 1.33 bits per heavy atom. The first-order valence-electron chi connectivity index (χ1n) is 5.65. The average Bonchev–Trinajstić information content (AvgIpc) is 2.43. The van der Waals surface area contributed by atoms with E-state index in [1.165, 1.54) is 0 Å². The minimum atomic E-state index is 0.513. The van der Waals surface area contributed by atoms with E-state index in [1.54, 1.807) is 12.1 Å². The SMILES string of the molecule is O=Cc1cccc2c1Oc1c(C=O)cccc1C2. The van der Waals surface area contributed by atoms with Crippen molar-refractivity contribution in [2.75, 3.05) is 0 Å². The van der Waals surface area contributed by atoms with E-state index in [2.05, 4.69) is 0 Å². The molecule has 3 nitrogen and oxygen atoms in total. The van der Waals surface area contributed by atoms with Gasteiger partial charge in [0.15, 0.2) is 12.6 Å². The van der Waals surface area contributed by atoms with E-state index in [9.17, 15) is 9.59 Å². The first-order valence-corrected chi connectivity index (χ1v) is 5.65. The maximum Gasteiger partial charge on any atom is 0.153 e. The second kappa shape index (κ2) is 4.11. The highest BCUT2D eigenvalue weighted by Gasteiger charge is 2.21. The number of rotatable bonds is 2. The summed E-state index contributed by atoms with van der Waals surface area (Å²) in [4.78, 5) is 22.0. The maximum absolute atomic E-state index is 11.0. The van der Waals surface area contributed by atoms with E-state index in [-0.39, 0.29) is 0 Å². The fourth-order valence-electron chi connectivity index (χ4n) is 2.23. The van der Waals surface area contributed by atoms with Gasteiger partial charge in [-0.3, -0.25) is 9.59 Å². The van der Waals surface area contributed by atoms with Crippen molar-refractivity contribution in [2.24, 2.45) is 0 Å². The predicted octanol–water partition coefficient (Wildman–Crippen LogP) is 3.01. The third kappa shape index (κ3) is 1.52. The molecule has 0 spiro atoms. The van der Waals surface area contributed by atoms with Crippen molar-refractivity contribution in [1.29, 1.82) is 0 Å². The molecule has 0 N–H and O–H groups in total. The Labute approximate surface area is 104 Å². The molecule has 0 aromatic heterocycles. The van der Waals surface area contributed by atoms with Gasteiger partial charge in [-0.25, -0.2) is 0 Å². The van der Waals surface area contributed by atoms with Crippen molar-refractivity contribution in [3.05, 3.63) is 58.7 Å². The van der Waals surface area contributed by atoms with Crippen molar-refractivity contribution in [3.8, 4) is 11.5 Å². The highest BCUT2D eigenvalue weighted by Crippen LogP contribution is 2.39. The number of hydrogen-bond acceptors (Lipinski definition) is 3. The topological polar surface area (TPSA) is 43.4 Å². The van der Waals surface area contributed by atoms with Crippen LogP contribution in [0.4, 0.5) is 0 Å². The van der Waals surface area contributed by atoms with E-state index in [1.807, 2.05) is 24.3 Å². The molecule has 0 radical (unpaired) electrons. The molecule has 0 fully saturated rings. The largest absolute Gasteiger partial charge is 0.455 e. The molecule has 1 aliphatic heterocycles. The van der Waals surface area contributed by atoms with Crippen LogP contribution in [0, 0.1) is 0 Å². The van der Waals surface area contributed by atoms with Gasteiger partial charge in [0.2, 0.25) is 0 Å². The lowest BCUT2D eigenvalue weighted by Crippen LogP contribution is -2.07. The molecule has 0 bridgehead atoms. The van der Waals surface area contributed by atoms with Crippen molar-refractivity contribution in [3.63, 3.8) is 0 Å². The third-order valence-electron chi connectivity index (χ3n) is 3.09. The summed E-state index contributed by atoms with van der Waals surface area (Å²) in [5.74, 6) is 1.13. The average molecular weight is 238 g/mol. The minimum Gasteiger partial charge on any atom is -0.455 e. The van der Waals surface area contributed by atoms with Gasteiger partial charge in [0.25, 0.3) is 0 Å². The molecule has 3 rings (SSSR count). The van der Waals surface area contributed by atoms with Gasteiger partial charge in [0.05, 0.1) is 11.1 Å². The molecule has 1 aliphatic rings. The van der Waals surface area contributed by atoms with E-state index in [0.29, 0.717) is 29.0 Å². The smallest absolute Gasteiger partial charge is 0.153 e. The van der Waals surface area contributed by atoms with Crippen molar-refractivity contribution >= 4 is 12.6 Å². The lowest BCUT2D eigenvalue weighted by Gasteiger charge is -2.22. The Morgan fingerprint density at radius 3 is 1.78 bits per heavy atom. The zero-order chi connectivity index (χ0) is 12.5. The number of benzene rings is 2. The molecule has 3 heteroatoms.